The third-order valence-electron chi connectivity index (χ3n) is 3.86. The number of hydrogen-bond acceptors (Lipinski definition) is 2. The Bertz CT molecular complexity index is 232. The van der Waals surface area contributed by atoms with Gasteiger partial charge < -0.3 is 0 Å². The van der Waals surface area contributed by atoms with Crippen LogP contribution in [0.2, 0.25) is 0 Å². The molecule has 3 heteroatoms. The second-order valence-corrected chi connectivity index (χ2v) is 7.63. The van der Waals surface area contributed by atoms with Crippen LogP contribution in [-0.2, 0) is 0 Å². The van der Waals surface area contributed by atoms with Gasteiger partial charge in [0.15, 0.2) is 0 Å². The van der Waals surface area contributed by atoms with Gasteiger partial charge in [0, 0.05) is 17.6 Å². The fourth-order valence-corrected chi connectivity index (χ4v) is 3.88. The number of nitrogens with one attached hydrogen (secondary N) is 1. The van der Waals surface area contributed by atoms with Crippen LogP contribution in [0.15, 0.2) is 0 Å². The van der Waals surface area contributed by atoms with Gasteiger partial charge in [-0.3, -0.25) is 10.2 Å². The minimum atomic E-state index is 0.332. The normalized spacial score (nSPS) is 38.8. The summed E-state index contributed by atoms with van der Waals surface area (Å²) in [6, 6.07) is 0. The largest absolute Gasteiger partial charge is 0.299 e. The molecule has 0 aromatic rings. The highest BCUT2D eigenvalue weighted by Gasteiger charge is 2.42. The molecule has 2 nitrogen and oxygen atoms in total. The minimum Gasteiger partial charge on any atom is -0.299 e. The molecule has 0 bridgehead atoms. The SMILES string of the molecule is CC(C)(C)N1CCCC2(CCC(I)N2)C1. The molecule has 1 N–H and O–H groups in total. The fraction of sp³-hybridized carbons (Fsp3) is 1.00. The Labute approximate surface area is 107 Å². The van der Waals surface area contributed by atoms with Crippen LogP contribution >= 0.6 is 22.6 Å². The van der Waals surface area contributed by atoms with Crippen molar-refractivity contribution >= 4 is 22.6 Å². The molecule has 0 radical (unpaired) electrons. The standard InChI is InChI=1S/C12H23IN2/c1-11(2,3)15-8-4-6-12(9-15)7-5-10(13)14-12/h10,14H,4-9H2,1-3H3. The monoisotopic (exact) mass is 322 g/mol. The van der Waals surface area contributed by atoms with E-state index in [1.807, 2.05) is 0 Å². The van der Waals surface area contributed by atoms with Gasteiger partial charge in [-0.2, -0.15) is 0 Å². The lowest BCUT2D eigenvalue weighted by Gasteiger charge is -2.46. The molecule has 88 valence electrons. The summed E-state index contributed by atoms with van der Waals surface area (Å²) in [5, 5.41) is 3.82. The van der Waals surface area contributed by atoms with Gasteiger partial charge in [0.1, 0.15) is 0 Å². The summed E-state index contributed by atoms with van der Waals surface area (Å²) in [7, 11) is 0. The van der Waals surface area contributed by atoms with E-state index in [1.54, 1.807) is 0 Å². The maximum atomic E-state index is 3.82. The van der Waals surface area contributed by atoms with Crippen LogP contribution < -0.4 is 5.32 Å². The van der Waals surface area contributed by atoms with Gasteiger partial charge in [-0.15, -0.1) is 0 Å². The first kappa shape index (κ1) is 12.1. The quantitative estimate of drug-likeness (QED) is 0.419. The van der Waals surface area contributed by atoms with Crippen molar-refractivity contribution in [1.29, 1.82) is 0 Å². The van der Waals surface area contributed by atoms with Crippen LogP contribution in [0.25, 0.3) is 0 Å². The number of nitrogens with zero attached hydrogens (tertiary/aromatic N) is 1. The Morgan fingerprint density at radius 3 is 2.60 bits per heavy atom. The van der Waals surface area contributed by atoms with Crippen LogP contribution in [0, 0.1) is 0 Å². The van der Waals surface area contributed by atoms with E-state index in [2.05, 4.69) is 53.6 Å². The summed E-state index contributed by atoms with van der Waals surface area (Å²) in [4.78, 5) is 2.65. The smallest absolute Gasteiger partial charge is 0.0598 e. The van der Waals surface area contributed by atoms with E-state index in [4.69, 9.17) is 0 Å². The number of piperidine rings is 1. The van der Waals surface area contributed by atoms with Crippen LogP contribution in [0.4, 0.5) is 0 Å². The van der Waals surface area contributed by atoms with Gasteiger partial charge in [0.25, 0.3) is 0 Å². The van der Waals surface area contributed by atoms with Gasteiger partial charge >= 0.3 is 0 Å². The number of alkyl halides is 1. The Hall–Kier alpha value is 0.650. The predicted octanol–water partition coefficient (Wildman–Crippen LogP) is 2.76. The lowest BCUT2D eigenvalue weighted by Crippen LogP contribution is -2.59. The average molecular weight is 322 g/mol. The Balaban J connectivity index is 2.04. The highest BCUT2D eigenvalue weighted by atomic mass is 127. The van der Waals surface area contributed by atoms with Gasteiger partial charge in [-0.1, -0.05) is 22.6 Å². The Kier molecular flexibility index (Phi) is 3.35. The molecular formula is C12H23IN2. The van der Waals surface area contributed by atoms with Crippen molar-refractivity contribution < 1.29 is 0 Å². The molecule has 2 unspecified atom stereocenters. The topological polar surface area (TPSA) is 15.3 Å². The first-order valence-corrected chi connectivity index (χ1v) is 7.33. The van der Waals surface area contributed by atoms with Crippen molar-refractivity contribution in [3.8, 4) is 0 Å². The van der Waals surface area contributed by atoms with E-state index in [9.17, 15) is 0 Å². The van der Waals surface area contributed by atoms with Crippen LogP contribution in [0.1, 0.15) is 46.5 Å². The molecule has 2 aliphatic heterocycles. The molecule has 15 heavy (non-hydrogen) atoms. The zero-order chi connectivity index (χ0) is 11.1. The van der Waals surface area contributed by atoms with E-state index in [-0.39, 0.29) is 0 Å². The number of rotatable bonds is 0. The van der Waals surface area contributed by atoms with Crippen molar-refractivity contribution in [3.63, 3.8) is 0 Å². The second-order valence-electron chi connectivity index (χ2n) is 6.13. The lowest BCUT2D eigenvalue weighted by molar-refractivity contribution is 0.0568. The summed E-state index contributed by atoms with van der Waals surface area (Å²) in [5.41, 5.74) is 0.774. The van der Waals surface area contributed by atoms with Crippen LogP contribution in [-0.4, -0.2) is 33.1 Å². The van der Waals surface area contributed by atoms with Crippen molar-refractivity contribution in [2.45, 2.75) is 61.6 Å². The molecule has 0 amide bonds. The number of halogens is 1. The Morgan fingerprint density at radius 2 is 2.07 bits per heavy atom. The van der Waals surface area contributed by atoms with E-state index in [0.717, 1.165) is 0 Å². The van der Waals surface area contributed by atoms with Crippen LogP contribution in [0.5, 0.6) is 0 Å². The fourth-order valence-electron chi connectivity index (χ4n) is 2.91. The number of likely N-dealkylation sites (tertiary alicyclic amines) is 1. The van der Waals surface area contributed by atoms with Gasteiger partial charge in [-0.25, -0.2) is 0 Å². The van der Waals surface area contributed by atoms with Crippen LogP contribution in [0.3, 0.4) is 0 Å². The van der Waals surface area contributed by atoms with Gasteiger partial charge in [0.2, 0.25) is 0 Å². The molecule has 2 rings (SSSR count). The molecule has 2 saturated heterocycles. The van der Waals surface area contributed by atoms with Crippen molar-refractivity contribution in [2.24, 2.45) is 0 Å². The van der Waals surface area contributed by atoms with Gasteiger partial charge in [0.05, 0.1) is 4.05 Å². The summed E-state index contributed by atoms with van der Waals surface area (Å²) >= 11 is 2.54. The third kappa shape index (κ3) is 2.67. The zero-order valence-electron chi connectivity index (χ0n) is 10.1. The maximum absolute atomic E-state index is 3.82. The highest BCUT2D eigenvalue weighted by Crippen LogP contribution is 2.36. The number of hydrogen-bond donors (Lipinski definition) is 1. The summed E-state index contributed by atoms with van der Waals surface area (Å²) < 4.78 is 0.697. The molecule has 2 atom stereocenters. The molecule has 2 heterocycles. The molecule has 0 aromatic heterocycles. The van der Waals surface area contributed by atoms with Crippen molar-refractivity contribution in [1.82, 2.24) is 10.2 Å². The lowest BCUT2D eigenvalue weighted by atomic mass is 9.85. The minimum absolute atomic E-state index is 0.332. The summed E-state index contributed by atoms with van der Waals surface area (Å²) in [6.07, 6.45) is 5.44. The van der Waals surface area contributed by atoms with E-state index < -0.39 is 0 Å². The molecular weight excluding hydrogens is 299 g/mol. The molecule has 0 saturated carbocycles. The molecule has 0 aliphatic carbocycles. The average Bonchev–Trinajstić information content (AvgIpc) is 2.46. The third-order valence-corrected chi connectivity index (χ3v) is 4.80. The molecule has 2 fully saturated rings. The van der Waals surface area contributed by atoms with Crippen molar-refractivity contribution in [2.75, 3.05) is 13.1 Å². The molecule has 0 aromatic carbocycles. The van der Waals surface area contributed by atoms with E-state index in [1.165, 1.54) is 38.8 Å². The van der Waals surface area contributed by atoms with E-state index in [0.29, 0.717) is 15.1 Å². The Morgan fingerprint density at radius 1 is 1.33 bits per heavy atom. The molecule has 2 aliphatic rings. The predicted molar refractivity (Wildman–Crippen MR) is 73.5 cm³/mol. The zero-order valence-corrected chi connectivity index (χ0v) is 12.3. The highest BCUT2D eigenvalue weighted by molar-refractivity contribution is 14.1. The first-order chi connectivity index (χ1) is 6.91. The molecule has 1 spiro atoms. The van der Waals surface area contributed by atoms with Crippen molar-refractivity contribution in [3.05, 3.63) is 0 Å². The summed E-state index contributed by atoms with van der Waals surface area (Å²) in [5.74, 6) is 0. The van der Waals surface area contributed by atoms with Gasteiger partial charge in [-0.05, 0) is 53.0 Å². The summed E-state index contributed by atoms with van der Waals surface area (Å²) in [6.45, 7) is 9.53. The maximum Gasteiger partial charge on any atom is 0.0598 e. The second kappa shape index (κ2) is 4.15. The van der Waals surface area contributed by atoms with E-state index >= 15 is 0 Å². The first-order valence-electron chi connectivity index (χ1n) is 6.08.